The van der Waals surface area contributed by atoms with Crippen LogP contribution in [0.2, 0.25) is 0 Å². The van der Waals surface area contributed by atoms with Crippen molar-refractivity contribution in [2.45, 2.75) is 19.6 Å². The third kappa shape index (κ3) is 2.36. The van der Waals surface area contributed by atoms with E-state index in [1.165, 1.54) is 0 Å². The van der Waals surface area contributed by atoms with Crippen molar-refractivity contribution in [2.75, 3.05) is 26.9 Å². The van der Waals surface area contributed by atoms with E-state index in [-0.39, 0.29) is 6.54 Å². The van der Waals surface area contributed by atoms with Crippen molar-refractivity contribution in [3.63, 3.8) is 0 Å². The Morgan fingerprint density at radius 1 is 1.39 bits per heavy atom. The predicted octanol–water partition coefficient (Wildman–Crippen LogP) is 1.80. The van der Waals surface area contributed by atoms with Gasteiger partial charge in [0.2, 0.25) is 5.79 Å². The van der Waals surface area contributed by atoms with E-state index in [2.05, 4.69) is 6.92 Å². The average Bonchev–Trinajstić information content (AvgIpc) is 2.40. The molecule has 1 aromatic carbocycles. The van der Waals surface area contributed by atoms with Gasteiger partial charge < -0.3 is 19.9 Å². The van der Waals surface area contributed by atoms with Crippen molar-refractivity contribution >= 4 is 0 Å². The SMILES string of the molecule is COc1ccc(C)cc1C1(CN)OCC(C)CO1. The number of hydrogen-bond acceptors (Lipinski definition) is 4. The van der Waals surface area contributed by atoms with Crippen molar-refractivity contribution in [1.29, 1.82) is 0 Å². The van der Waals surface area contributed by atoms with E-state index in [0.29, 0.717) is 19.1 Å². The van der Waals surface area contributed by atoms with Crippen molar-refractivity contribution in [3.8, 4) is 5.75 Å². The zero-order valence-corrected chi connectivity index (χ0v) is 11.2. The molecule has 0 aromatic heterocycles. The molecule has 1 fully saturated rings. The molecular formula is C14H21NO3. The number of benzene rings is 1. The van der Waals surface area contributed by atoms with E-state index in [1.54, 1.807) is 7.11 Å². The number of hydrogen-bond donors (Lipinski definition) is 1. The minimum absolute atomic E-state index is 0.277. The topological polar surface area (TPSA) is 53.7 Å². The fourth-order valence-corrected chi connectivity index (χ4v) is 2.15. The summed E-state index contributed by atoms with van der Waals surface area (Å²) in [5, 5.41) is 0. The van der Waals surface area contributed by atoms with Gasteiger partial charge in [-0.3, -0.25) is 0 Å². The van der Waals surface area contributed by atoms with Gasteiger partial charge in [0.1, 0.15) is 5.75 Å². The minimum atomic E-state index is -0.871. The number of nitrogens with two attached hydrogens (primary N) is 1. The van der Waals surface area contributed by atoms with Gasteiger partial charge in [0.15, 0.2) is 0 Å². The lowest BCUT2D eigenvalue weighted by molar-refractivity contribution is -0.284. The summed E-state index contributed by atoms with van der Waals surface area (Å²) in [5.41, 5.74) is 7.89. The Morgan fingerprint density at radius 2 is 2.06 bits per heavy atom. The van der Waals surface area contributed by atoms with Gasteiger partial charge in [0, 0.05) is 5.92 Å². The Bertz CT molecular complexity index is 412. The molecule has 0 saturated carbocycles. The quantitative estimate of drug-likeness (QED) is 0.890. The molecule has 0 bridgehead atoms. The van der Waals surface area contributed by atoms with Crippen LogP contribution in [-0.2, 0) is 15.3 Å². The first-order valence-corrected chi connectivity index (χ1v) is 6.24. The number of methoxy groups -OCH3 is 1. The highest BCUT2D eigenvalue weighted by Gasteiger charge is 2.39. The zero-order chi connectivity index (χ0) is 13.2. The van der Waals surface area contributed by atoms with E-state index in [4.69, 9.17) is 19.9 Å². The summed E-state index contributed by atoms with van der Waals surface area (Å²) in [7, 11) is 1.64. The van der Waals surface area contributed by atoms with Crippen LogP contribution in [0.25, 0.3) is 0 Å². The van der Waals surface area contributed by atoms with Gasteiger partial charge in [0.25, 0.3) is 0 Å². The molecule has 1 aliphatic rings. The summed E-state index contributed by atoms with van der Waals surface area (Å²) in [6.07, 6.45) is 0. The maximum atomic E-state index is 5.88. The second-order valence-corrected chi connectivity index (χ2v) is 4.89. The molecule has 18 heavy (non-hydrogen) atoms. The molecular weight excluding hydrogens is 230 g/mol. The number of ether oxygens (including phenoxy) is 3. The molecule has 0 aliphatic carbocycles. The van der Waals surface area contributed by atoms with Gasteiger partial charge in [-0.25, -0.2) is 0 Å². The largest absolute Gasteiger partial charge is 0.496 e. The van der Waals surface area contributed by atoms with Crippen LogP contribution in [-0.4, -0.2) is 26.9 Å². The van der Waals surface area contributed by atoms with Crippen molar-refractivity contribution < 1.29 is 14.2 Å². The maximum Gasteiger partial charge on any atom is 0.211 e. The lowest BCUT2D eigenvalue weighted by Crippen LogP contribution is -2.46. The predicted molar refractivity (Wildman–Crippen MR) is 69.5 cm³/mol. The Labute approximate surface area is 108 Å². The van der Waals surface area contributed by atoms with E-state index >= 15 is 0 Å². The van der Waals surface area contributed by atoms with E-state index in [1.807, 2.05) is 25.1 Å². The third-order valence-corrected chi connectivity index (χ3v) is 3.24. The van der Waals surface area contributed by atoms with E-state index < -0.39 is 5.79 Å². The third-order valence-electron chi connectivity index (χ3n) is 3.24. The molecule has 1 saturated heterocycles. The number of aryl methyl sites for hydroxylation is 1. The molecule has 2 rings (SSSR count). The molecule has 1 aromatic rings. The Hall–Kier alpha value is -1.10. The van der Waals surface area contributed by atoms with Crippen LogP contribution in [0.3, 0.4) is 0 Å². The van der Waals surface area contributed by atoms with Gasteiger partial charge in [-0.05, 0) is 19.1 Å². The first-order valence-electron chi connectivity index (χ1n) is 6.24. The van der Waals surface area contributed by atoms with Gasteiger partial charge in [-0.2, -0.15) is 0 Å². The summed E-state index contributed by atoms with van der Waals surface area (Å²) in [4.78, 5) is 0. The van der Waals surface area contributed by atoms with Gasteiger partial charge in [-0.1, -0.05) is 18.6 Å². The molecule has 0 radical (unpaired) electrons. The molecule has 4 nitrogen and oxygen atoms in total. The summed E-state index contributed by atoms with van der Waals surface area (Å²) < 4.78 is 17.2. The fraction of sp³-hybridized carbons (Fsp3) is 0.571. The molecule has 0 amide bonds. The zero-order valence-electron chi connectivity index (χ0n) is 11.2. The number of rotatable bonds is 3. The second-order valence-electron chi connectivity index (χ2n) is 4.89. The van der Waals surface area contributed by atoms with Gasteiger partial charge in [-0.15, -0.1) is 0 Å². The van der Waals surface area contributed by atoms with Crippen LogP contribution in [0, 0.1) is 12.8 Å². The summed E-state index contributed by atoms with van der Waals surface area (Å²) in [5.74, 6) is 0.269. The molecule has 0 unspecified atom stereocenters. The van der Waals surface area contributed by atoms with Crippen LogP contribution in [0.1, 0.15) is 18.1 Å². The highest BCUT2D eigenvalue weighted by molar-refractivity contribution is 5.40. The van der Waals surface area contributed by atoms with E-state index in [0.717, 1.165) is 16.9 Å². The van der Waals surface area contributed by atoms with Gasteiger partial charge in [0.05, 0.1) is 32.4 Å². The normalized spacial score (nSPS) is 28.1. The highest BCUT2D eigenvalue weighted by atomic mass is 16.7. The molecule has 1 heterocycles. The minimum Gasteiger partial charge on any atom is -0.496 e. The molecule has 100 valence electrons. The standard InChI is InChI=1S/C14H21NO3/c1-10-4-5-13(16-3)12(6-10)14(9-15)17-7-11(2)8-18-14/h4-6,11H,7-9,15H2,1-3H3. The lowest BCUT2D eigenvalue weighted by atomic mass is 10.00. The van der Waals surface area contributed by atoms with Crippen LogP contribution in [0.15, 0.2) is 18.2 Å². The van der Waals surface area contributed by atoms with Crippen molar-refractivity contribution in [1.82, 2.24) is 0 Å². The smallest absolute Gasteiger partial charge is 0.211 e. The summed E-state index contributed by atoms with van der Waals surface area (Å²) >= 11 is 0. The fourth-order valence-electron chi connectivity index (χ4n) is 2.15. The van der Waals surface area contributed by atoms with Crippen LogP contribution in [0.5, 0.6) is 5.75 Å². The van der Waals surface area contributed by atoms with Crippen LogP contribution >= 0.6 is 0 Å². The Kier molecular flexibility index (Phi) is 3.90. The summed E-state index contributed by atoms with van der Waals surface area (Å²) in [6, 6.07) is 5.94. The maximum absolute atomic E-state index is 5.88. The second kappa shape index (κ2) is 5.26. The Morgan fingerprint density at radius 3 is 2.61 bits per heavy atom. The molecule has 2 N–H and O–H groups in total. The Balaban J connectivity index is 2.40. The van der Waals surface area contributed by atoms with Crippen LogP contribution < -0.4 is 10.5 Å². The highest BCUT2D eigenvalue weighted by Crippen LogP contribution is 2.37. The van der Waals surface area contributed by atoms with Gasteiger partial charge >= 0.3 is 0 Å². The first-order chi connectivity index (χ1) is 8.61. The molecule has 4 heteroatoms. The first kappa shape index (κ1) is 13.3. The monoisotopic (exact) mass is 251 g/mol. The lowest BCUT2D eigenvalue weighted by Gasteiger charge is -2.39. The van der Waals surface area contributed by atoms with Crippen molar-refractivity contribution in [2.24, 2.45) is 11.7 Å². The molecule has 0 atom stereocenters. The molecule has 1 aliphatic heterocycles. The summed E-state index contributed by atoms with van der Waals surface area (Å²) in [6.45, 7) is 5.69. The van der Waals surface area contributed by atoms with Crippen LogP contribution in [0.4, 0.5) is 0 Å². The van der Waals surface area contributed by atoms with E-state index in [9.17, 15) is 0 Å². The average molecular weight is 251 g/mol. The molecule has 0 spiro atoms. The van der Waals surface area contributed by atoms with Crippen molar-refractivity contribution in [3.05, 3.63) is 29.3 Å².